The van der Waals surface area contributed by atoms with Gasteiger partial charge in [0.15, 0.2) is 9.84 Å². The van der Waals surface area contributed by atoms with Gasteiger partial charge in [-0.25, -0.2) is 16.8 Å². The highest BCUT2D eigenvalue weighted by atomic mass is 32.2. The van der Waals surface area contributed by atoms with Crippen LogP contribution in [0.5, 0.6) is 0 Å². The van der Waals surface area contributed by atoms with Gasteiger partial charge >= 0.3 is 0 Å². The van der Waals surface area contributed by atoms with E-state index in [9.17, 15) is 21.6 Å². The van der Waals surface area contributed by atoms with Gasteiger partial charge in [0.2, 0.25) is 15.9 Å². The van der Waals surface area contributed by atoms with E-state index >= 15 is 0 Å². The topological polar surface area (TPSA) is 101 Å². The summed E-state index contributed by atoms with van der Waals surface area (Å²) in [6, 6.07) is 4.33. The van der Waals surface area contributed by atoms with Gasteiger partial charge in [-0.1, -0.05) is 12.1 Å². The second kappa shape index (κ2) is 7.89. The SMILES string of the molecule is C=CCN(CC(=O)NC1CCS(=O)(=O)C1)S(=O)(=O)c1ccc(C)c(C)c1. The first-order chi connectivity index (χ1) is 12.0. The summed E-state index contributed by atoms with van der Waals surface area (Å²) in [6.45, 7) is 6.84. The number of hydrogen-bond donors (Lipinski definition) is 1. The zero-order valence-electron chi connectivity index (χ0n) is 14.9. The van der Waals surface area contributed by atoms with Gasteiger partial charge in [0, 0.05) is 12.6 Å². The highest BCUT2D eigenvalue weighted by Crippen LogP contribution is 2.19. The van der Waals surface area contributed by atoms with E-state index in [0.29, 0.717) is 6.42 Å². The Labute approximate surface area is 155 Å². The molecule has 1 aliphatic rings. The van der Waals surface area contributed by atoms with Crippen LogP contribution in [0.4, 0.5) is 0 Å². The van der Waals surface area contributed by atoms with Crippen LogP contribution in [0.2, 0.25) is 0 Å². The highest BCUT2D eigenvalue weighted by molar-refractivity contribution is 7.91. The summed E-state index contributed by atoms with van der Waals surface area (Å²) in [5.74, 6) is -0.597. The molecule has 144 valence electrons. The number of carbonyl (C=O) groups excluding carboxylic acids is 1. The second-order valence-corrected chi connectivity index (χ2v) is 10.7. The Balaban J connectivity index is 2.15. The molecule has 7 nitrogen and oxygen atoms in total. The van der Waals surface area contributed by atoms with Crippen LogP contribution in [0, 0.1) is 13.8 Å². The van der Waals surface area contributed by atoms with Gasteiger partial charge in [-0.3, -0.25) is 4.79 Å². The zero-order chi connectivity index (χ0) is 19.5. The van der Waals surface area contributed by atoms with Crippen LogP contribution in [0.15, 0.2) is 35.7 Å². The number of nitrogens with zero attached hydrogens (tertiary/aromatic N) is 1. The van der Waals surface area contributed by atoms with Crippen molar-refractivity contribution in [3.05, 3.63) is 42.0 Å². The van der Waals surface area contributed by atoms with Crippen molar-refractivity contribution in [1.82, 2.24) is 9.62 Å². The summed E-state index contributed by atoms with van der Waals surface area (Å²) in [5, 5.41) is 2.61. The lowest BCUT2D eigenvalue weighted by Crippen LogP contribution is -2.44. The fraction of sp³-hybridized carbons (Fsp3) is 0.471. The average Bonchev–Trinajstić information content (AvgIpc) is 2.88. The first kappa shape index (κ1) is 20.6. The van der Waals surface area contributed by atoms with Gasteiger partial charge in [0.05, 0.1) is 22.9 Å². The monoisotopic (exact) mass is 400 g/mol. The number of carbonyl (C=O) groups is 1. The van der Waals surface area contributed by atoms with Gasteiger partial charge in [0.1, 0.15) is 0 Å². The molecule has 0 spiro atoms. The van der Waals surface area contributed by atoms with Gasteiger partial charge < -0.3 is 5.32 Å². The quantitative estimate of drug-likeness (QED) is 0.682. The lowest BCUT2D eigenvalue weighted by atomic mass is 10.1. The predicted molar refractivity (Wildman–Crippen MR) is 100 cm³/mol. The fourth-order valence-electron chi connectivity index (χ4n) is 2.76. The van der Waals surface area contributed by atoms with Crippen LogP contribution in [-0.2, 0) is 24.7 Å². The number of hydrogen-bond acceptors (Lipinski definition) is 5. The molecule has 26 heavy (non-hydrogen) atoms. The lowest BCUT2D eigenvalue weighted by Gasteiger charge is -2.21. The van der Waals surface area contributed by atoms with Gasteiger partial charge in [0.25, 0.3) is 0 Å². The van der Waals surface area contributed by atoms with Crippen molar-refractivity contribution in [2.24, 2.45) is 0 Å². The summed E-state index contributed by atoms with van der Waals surface area (Å²) in [6.07, 6.45) is 1.76. The molecule has 9 heteroatoms. The van der Waals surface area contributed by atoms with Crippen molar-refractivity contribution in [3.63, 3.8) is 0 Å². The van der Waals surface area contributed by atoms with E-state index in [4.69, 9.17) is 0 Å². The molecule has 1 fully saturated rings. The molecule has 0 saturated carbocycles. The third kappa shape index (κ3) is 4.93. The summed E-state index contributed by atoms with van der Waals surface area (Å²) in [7, 11) is -6.99. The van der Waals surface area contributed by atoms with E-state index in [1.807, 2.05) is 13.8 Å². The van der Waals surface area contributed by atoms with Crippen LogP contribution in [-0.4, -0.2) is 57.7 Å². The summed E-state index contributed by atoms with van der Waals surface area (Å²) in [4.78, 5) is 12.4. The molecule has 0 bridgehead atoms. The molecule has 1 heterocycles. The third-order valence-corrected chi connectivity index (χ3v) is 7.94. The molecule has 0 aromatic heterocycles. The Morgan fingerprint density at radius 1 is 1.35 bits per heavy atom. The minimum Gasteiger partial charge on any atom is -0.351 e. The molecular weight excluding hydrogens is 376 g/mol. The van der Waals surface area contributed by atoms with Crippen molar-refractivity contribution in [3.8, 4) is 0 Å². The maximum Gasteiger partial charge on any atom is 0.243 e. The summed E-state index contributed by atoms with van der Waals surface area (Å²) >= 11 is 0. The van der Waals surface area contributed by atoms with Crippen molar-refractivity contribution in [2.45, 2.75) is 31.2 Å². The molecule has 2 rings (SSSR count). The molecule has 0 radical (unpaired) electrons. The molecule has 1 aromatic rings. The Morgan fingerprint density at radius 3 is 2.58 bits per heavy atom. The number of amides is 1. The Bertz CT molecular complexity index is 907. The number of sulfonamides is 1. The van der Waals surface area contributed by atoms with Crippen LogP contribution < -0.4 is 5.32 Å². The average molecular weight is 401 g/mol. The van der Waals surface area contributed by atoms with Crippen LogP contribution >= 0.6 is 0 Å². The molecule has 1 unspecified atom stereocenters. The zero-order valence-corrected chi connectivity index (χ0v) is 16.6. The normalized spacial score (nSPS) is 19.4. The first-order valence-electron chi connectivity index (χ1n) is 8.23. The van der Waals surface area contributed by atoms with Gasteiger partial charge in [-0.2, -0.15) is 4.31 Å². The molecule has 1 N–H and O–H groups in total. The number of aryl methyl sites for hydroxylation is 2. The number of rotatable bonds is 7. The maximum absolute atomic E-state index is 12.9. The molecular formula is C17H24N2O5S2. The highest BCUT2D eigenvalue weighted by Gasteiger charge is 2.31. The van der Waals surface area contributed by atoms with E-state index in [2.05, 4.69) is 11.9 Å². The maximum atomic E-state index is 12.9. The number of benzene rings is 1. The van der Waals surface area contributed by atoms with Gasteiger partial charge in [-0.15, -0.1) is 6.58 Å². The predicted octanol–water partition coefficient (Wildman–Crippen LogP) is 0.783. The minimum absolute atomic E-state index is 0.0222. The van der Waals surface area contributed by atoms with E-state index < -0.39 is 38.4 Å². The van der Waals surface area contributed by atoms with E-state index in [1.165, 1.54) is 12.1 Å². The Morgan fingerprint density at radius 2 is 2.04 bits per heavy atom. The third-order valence-electron chi connectivity index (χ3n) is 4.37. The number of sulfone groups is 1. The molecule has 1 aromatic carbocycles. The Kier molecular flexibility index (Phi) is 6.25. The molecule has 0 aliphatic carbocycles. The first-order valence-corrected chi connectivity index (χ1v) is 11.5. The Hall–Kier alpha value is -1.71. The largest absolute Gasteiger partial charge is 0.351 e. The van der Waals surface area contributed by atoms with E-state index in [1.54, 1.807) is 12.1 Å². The fourth-order valence-corrected chi connectivity index (χ4v) is 5.88. The van der Waals surface area contributed by atoms with Crippen LogP contribution in [0.25, 0.3) is 0 Å². The standard InChI is InChI=1S/C17H24N2O5S2/c1-4-8-19(11-17(20)18-15-7-9-25(21,22)12-15)26(23,24)16-6-5-13(2)14(3)10-16/h4-6,10,15H,1,7-9,11-12H2,2-3H3,(H,18,20). The second-order valence-electron chi connectivity index (χ2n) is 6.50. The van der Waals surface area contributed by atoms with E-state index in [0.717, 1.165) is 15.4 Å². The molecule has 1 aliphatic heterocycles. The molecule has 1 atom stereocenters. The van der Waals surface area contributed by atoms with Crippen LogP contribution in [0.3, 0.4) is 0 Å². The van der Waals surface area contributed by atoms with Crippen molar-refractivity contribution >= 4 is 25.8 Å². The molecule has 1 saturated heterocycles. The number of nitrogens with one attached hydrogen (secondary N) is 1. The minimum atomic E-state index is -3.87. The summed E-state index contributed by atoms with van der Waals surface area (Å²) < 4.78 is 49.7. The van der Waals surface area contributed by atoms with Crippen molar-refractivity contribution in [2.75, 3.05) is 24.6 Å². The smallest absolute Gasteiger partial charge is 0.243 e. The summed E-state index contributed by atoms with van der Waals surface area (Å²) in [5.41, 5.74) is 1.81. The van der Waals surface area contributed by atoms with Crippen LogP contribution in [0.1, 0.15) is 17.5 Å². The van der Waals surface area contributed by atoms with E-state index in [-0.39, 0.29) is 22.9 Å². The molecule has 1 amide bonds. The lowest BCUT2D eigenvalue weighted by molar-refractivity contribution is -0.121. The van der Waals surface area contributed by atoms with Gasteiger partial charge in [-0.05, 0) is 43.5 Å². The van der Waals surface area contributed by atoms with Crippen molar-refractivity contribution < 1.29 is 21.6 Å². The van der Waals surface area contributed by atoms with Crippen molar-refractivity contribution in [1.29, 1.82) is 0 Å².